The summed E-state index contributed by atoms with van der Waals surface area (Å²) >= 11 is 0. The maximum absolute atomic E-state index is 13.9. The van der Waals surface area contributed by atoms with E-state index in [0.29, 0.717) is 32.1 Å². The summed E-state index contributed by atoms with van der Waals surface area (Å²) in [5.41, 5.74) is -3.84. The number of aliphatic hydroxyl groups is 2. The van der Waals surface area contributed by atoms with Crippen molar-refractivity contribution in [2.24, 2.45) is 46.3 Å². The number of carbonyl (C=O) groups excluding carboxylic acids is 1. The molecule has 4 fully saturated rings. The summed E-state index contributed by atoms with van der Waals surface area (Å²) in [5, 5.41) is 20.5. The summed E-state index contributed by atoms with van der Waals surface area (Å²) in [6.45, 7) is 5.87. The summed E-state index contributed by atoms with van der Waals surface area (Å²) in [7, 11) is 0. The van der Waals surface area contributed by atoms with E-state index in [2.05, 4.69) is 13.8 Å². The Bertz CT molecular complexity index is 664. The van der Waals surface area contributed by atoms with Crippen molar-refractivity contribution in [3.63, 3.8) is 0 Å². The molecule has 0 spiro atoms. The molecule has 6 heteroatoms. The third-order valence-corrected chi connectivity index (χ3v) is 9.86. The van der Waals surface area contributed by atoms with Gasteiger partial charge >= 0.3 is 6.18 Å². The first kappa shape index (κ1) is 20.6. The average Bonchev–Trinajstić information content (AvgIpc) is 2.88. The topological polar surface area (TPSA) is 57.5 Å². The largest absolute Gasteiger partial charge is 0.417 e. The third kappa shape index (κ3) is 2.46. The van der Waals surface area contributed by atoms with E-state index in [9.17, 15) is 28.2 Å². The molecule has 5 unspecified atom stereocenters. The predicted molar refractivity (Wildman–Crippen MR) is 98.2 cm³/mol. The predicted octanol–water partition coefficient (Wildman–Crippen LogP) is 4.36. The lowest BCUT2D eigenvalue weighted by molar-refractivity contribution is -0.305. The number of Topliss-reactive ketones (excluding diaryl/α,β-unsaturated/α-hetero) is 1. The van der Waals surface area contributed by atoms with Crippen LogP contribution >= 0.6 is 0 Å². The van der Waals surface area contributed by atoms with Gasteiger partial charge in [-0.3, -0.25) is 4.79 Å². The lowest BCUT2D eigenvalue weighted by Gasteiger charge is -2.63. The molecule has 4 aliphatic carbocycles. The Balaban J connectivity index is 1.70. The zero-order valence-electron chi connectivity index (χ0n) is 17.1. The Kier molecular flexibility index (Phi) is 4.57. The summed E-state index contributed by atoms with van der Waals surface area (Å²) in [4.78, 5) is 12.4. The fourth-order valence-corrected chi connectivity index (χ4v) is 8.27. The SMILES string of the molecule is CC1C[C@@H]2CC(=O)C(CO)C[C@]2(C)C2CC[C@@]3(C)C(CC[C@@]3(O)C(F)(F)F)C12. The lowest BCUT2D eigenvalue weighted by Crippen LogP contribution is -2.62. The lowest BCUT2D eigenvalue weighted by atomic mass is 9.41. The molecule has 28 heavy (non-hydrogen) atoms. The highest BCUT2D eigenvalue weighted by atomic mass is 19.4. The zero-order chi connectivity index (χ0) is 20.7. The smallest absolute Gasteiger partial charge is 0.396 e. The first-order chi connectivity index (χ1) is 12.9. The minimum atomic E-state index is -4.60. The number of ketones is 1. The maximum atomic E-state index is 13.9. The first-order valence-corrected chi connectivity index (χ1v) is 10.8. The van der Waals surface area contributed by atoms with Crippen LogP contribution in [0.3, 0.4) is 0 Å². The molecule has 3 nitrogen and oxygen atoms in total. The number of hydrogen-bond donors (Lipinski definition) is 2. The van der Waals surface area contributed by atoms with Crippen LogP contribution in [0.5, 0.6) is 0 Å². The molecular formula is C22H33F3O3. The molecule has 160 valence electrons. The Morgan fingerprint density at radius 1 is 1.14 bits per heavy atom. The standard InChI is InChI=1S/C22H33F3O3/c1-12-8-14-9-17(27)13(11-26)10-19(14,2)15-4-6-20(3)16(18(12)15)5-7-21(20,28)22(23,24)25/h12-16,18,26,28H,4-11H2,1-3H3/t12?,13?,14-,15?,16?,18?,19+,20+,21+/m1/s1. The monoisotopic (exact) mass is 402 g/mol. The number of halogens is 3. The Labute approximate surface area is 165 Å². The van der Waals surface area contributed by atoms with Crippen molar-refractivity contribution in [1.29, 1.82) is 0 Å². The van der Waals surface area contributed by atoms with E-state index in [1.54, 1.807) is 6.92 Å². The van der Waals surface area contributed by atoms with Crippen molar-refractivity contribution in [1.82, 2.24) is 0 Å². The van der Waals surface area contributed by atoms with E-state index in [-0.39, 0.29) is 59.7 Å². The van der Waals surface area contributed by atoms with E-state index in [1.165, 1.54) is 0 Å². The molecule has 0 heterocycles. The number of alkyl halides is 3. The zero-order valence-corrected chi connectivity index (χ0v) is 17.1. The van der Waals surface area contributed by atoms with Gasteiger partial charge in [0.15, 0.2) is 5.60 Å². The van der Waals surface area contributed by atoms with Crippen molar-refractivity contribution in [3.8, 4) is 0 Å². The van der Waals surface area contributed by atoms with Crippen molar-refractivity contribution >= 4 is 5.78 Å². The number of hydrogen-bond acceptors (Lipinski definition) is 3. The van der Waals surface area contributed by atoms with Gasteiger partial charge in [-0.1, -0.05) is 20.8 Å². The molecule has 0 aromatic rings. The first-order valence-electron chi connectivity index (χ1n) is 10.8. The van der Waals surface area contributed by atoms with Crippen molar-refractivity contribution in [2.75, 3.05) is 6.61 Å². The second-order valence-corrected chi connectivity index (χ2v) is 10.8. The average molecular weight is 402 g/mol. The Hall–Kier alpha value is -0.620. The van der Waals surface area contributed by atoms with Gasteiger partial charge in [0.05, 0.1) is 6.61 Å². The molecule has 4 rings (SSSR count). The Morgan fingerprint density at radius 2 is 1.79 bits per heavy atom. The number of fused-ring (bicyclic) bond motifs is 5. The van der Waals surface area contributed by atoms with Crippen molar-refractivity contribution in [2.45, 2.75) is 77.5 Å². The van der Waals surface area contributed by atoms with E-state index < -0.39 is 17.2 Å². The second-order valence-electron chi connectivity index (χ2n) is 10.8. The molecular weight excluding hydrogens is 369 g/mol. The highest BCUT2D eigenvalue weighted by Crippen LogP contribution is 2.71. The fourth-order valence-electron chi connectivity index (χ4n) is 8.27. The highest BCUT2D eigenvalue weighted by Gasteiger charge is 2.73. The van der Waals surface area contributed by atoms with Crippen molar-refractivity contribution in [3.05, 3.63) is 0 Å². The normalized spacial score (nSPS) is 54.1. The molecule has 9 atom stereocenters. The molecule has 2 N–H and O–H groups in total. The van der Waals surface area contributed by atoms with Crippen LogP contribution in [0.4, 0.5) is 13.2 Å². The molecule has 0 aromatic heterocycles. The van der Waals surface area contributed by atoms with Crippen LogP contribution in [0, 0.1) is 46.3 Å². The minimum Gasteiger partial charge on any atom is -0.396 e. The highest BCUT2D eigenvalue weighted by molar-refractivity contribution is 5.82. The molecule has 0 aromatic carbocycles. The molecule has 4 saturated carbocycles. The van der Waals surface area contributed by atoms with Crippen LogP contribution in [-0.4, -0.2) is 34.4 Å². The van der Waals surface area contributed by atoms with Gasteiger partial charge in [-0.15, -0.1) is 0 Å². The quantitative estimate of drug-likeness (QED) is 0.685. The van der Waals surface area contributed by atoms with Gasteiger partial charge in [-0.25, -0.2) is 0 Å². The van der Waals surface area contributed by atoms with Gasteiger partial charge in [-0.05, 0) is 73.5 Å². The number of aliphatic hydroxyl groups excluding tert-OH is 1. The van der Waals surface area contributed by atoms with Gasteiger partial charge in [0.2, 0.25) is 0 Å². The van der Waals surface area contributed by atoms with Crippen LogP contribution in [0.1, 0.15) is 65.7 Å². The molecule has 0 aliphatic heterocycles. The molecule has 0 saturated heterocycles. The van der Waals surface area contributed by atoms with Crippen LogP contribution in [0.25, 0.3) is 0 Å². The van der Waals surface area contributed by atoms with Gasteiger partial charge in [0.1, 0.15) is 5.78 Å². The van der Waals surface area contributed by atoms with Crippen LogP contribution in [0.15, 0.2) is 0 Å². The summed E-state index contributed by atoms with van der Waals surface area (Å²) in [5.74, 6) is 0.577. The number of rotatable bonds is 1. The minimum absolute atomic E-state index is 0.112. The van der Waals surface area contributed by atoms with Crippen LogP contribution in [0.2, 0.25) is 0 Å². The summed E-state index contributed by atoms with van der Waals surface area (Å²) in [6, 6.07) is 0. The maximum Gasteiger partial charge on any atom is 0.417 e. The number of carbonyl (C=O) groups is 1. The van der Waals surface area contributed by atoms with Crippen LogP contribution < -0.4 is 0 Å². The third-order valence-electron chi connectivity index (χ3n) is 9.86. The van der Waals surface area contributed by atoms with Crippen molar-refractivity contribution < 1.29 is 28.2 Å². The second kappa shape index (κ2) is 6.19. The van der Waals surface area contributed by atoms with Gasteiger partial charge < -0.3 is 10.2 Å². The summed E-state index contributed by atoms with van der Waals surface area (Å²) < 4.78 is 41.6. The Morgan fingerprint density at radius 3 is 2.39 bits per heavy atom. The van der Waals surface area contributed by atoms with Crippen LogP contribution in [-0.2, 0) is 4.79 Å². The van der Waals surface area contributed by atoms with E-state index in [1.807, 2.05) is 0 Å². The van der Waals surface area contributed by atoms with E-state index in [0.717, 1.165) is 6.42 Å². The van der Waals surface area contributed by atoms with E-state index >= 15 is 0 Å². The molecule has 0 amide bonds. The van der Waals surface area contributed by atoms with E-state index in [4.69, 9.17) is 0 Å². The summed E-state index contributed by atoms with van der Waals surface area (Å²) in [6.07, 6.45) is -1.35. The molecule has 4 aliphatic rings. The van der Waals surface area contributed by atoms with Gasteiger partial charge in [0, 0.05) is 17.8 Å². The van der Waals surface area contributed by atoms with Gasteiger partial charge in [-0.2, -0.15) is 13.2 Å². The molecule has 0 radical (unpaired) electrons. The molecule has 0 bridgehead atoms. The van der Waals surface area contributed by atoms with Gasteiger partial charge in [0.25, 0.3) is 0 Å². The fraction of sp³-hybridized carbons (Fsp3) is 0.955.